The number of rotatable bonds is 7. The van der Waals surface area contributed by atoms with Crippen LogP contribution < -0.4 is 10.1 Å². The Bertz CT molecular complexity index is 372. The van der Waals surface area contributed by atoms with Crippen molar-refractivity contribution in [3.8, 4) is 5.75 Å². The molecule has 102 valence electrons. The van der Waals surface area contributed by atoms with Crippen molar-refractivity contribution in [2.75, 3.05) is 39.1 Å². The summed E-state index contributed by atoms with van der Waals surface area (Å²) in [6.07, 6.45) is -0.491. The van der Waals surface area contributed by atoms with Crippen LogP contribution in [0.3, 0.4) is 0 Å². The first-order chi connectivity index (χ1) is 8.52. The zero-order chi connectivity index (χ0) is 13.5. The summed E-state index contributed by atoms with van der Waals surface area (Å²) in [5, 5.41) is 12.7. The van der Waals surface area contributed by atoms with E-state index in [0.29, 0.717) is 25.4 Å². The number of likely N-dealkylation sites (N-methyl/N-ethyl adjacent to an activating group) is 1. The Morgan fingerprint density at radius 2 is 2.17 bits per heavy atom. The van der Waals surface area contributed by atoms with Gasteiger partial charge in [0, 0.05) is 24.8 Å². The van der Waals surface area contributed by atoms with Gasteiger partial charge in [0.15, 0.2) is 11.6 Å². The molecule has 0 aliphatic rings. The lowest BCUT2D eigenvalue weighted by Gasteiger charge is -2.17. The van der Waals surface area contributed by atoms with Gasteiger partial charge in [-0.15, -0.1) is 0 Å². The predicted molar refractivity (Wildman–Crippen MR) is 70.6 cm³/mol. The second-order valence-corrected chi connectivity index (χ2v) is 4.38. The molecular formula is C13H21FN2O2. The zero-order valence-corrected chi connectivity index (χ0v) is 11.1. The fourth-order valence-electron chi connectivity index (χ4n) is 1.61. The number of benzene rings is 1. The molecular weight excluding hydrogens is 235 g/mol. The average Bonchev–Trinajstić information content (AvgIpc) is 2.29. The van der Waals surface area contributed by atoms with Gasteiger partial charge in [-0.3, -0.25) is 0 Å². The van der Waals surface area contributed by atoms with Crippen LogP contribution in [-0.2, 0) is 0 Å². The van der Waals surface area contributed by atoms with Gasteiger partial charge < -0.3 is 20.1 Å². The Morgan fingerprint density at radius 1 is 1.44 bits per heavy atom. The largest absolute Gasteiger partial charge is 0.491 e. The predicted octanol–water partition coefficient (Wildman–Crippen LogP) is 1.56. The highest BCUT2D eigenvalue weighted by Crippen LogP contribution is 2.20. The molecule has 0 aliphatic heterocycles. The molecule has 0 saturated carbocycles. The second-order valence-electron chi connectivity index (χ2n) is 4.38. The molecule has 1 atom stereocenters. The monoisotopic (exact) mass is 256 g/mol. The highest BCUT2D eigenvalue weighted by molar-refractivity contribution is 5.47. The lowest BCUT2D eigenvalue weighted by molar-refractivity contribution is 0.148. The number of nitrogens with one attached hydrogen (secondary N) is 1. The van der Waals surface area contributed by atoms with Gasteiger partial charge in [0.25, 0.3) is 0 Å². The first kappa shape index (κ1) is 14.7. The van der Waals surface area contributed by atoms with E-state index in [1.54, 1.807) is 12.1 Å². The Balaban J connectivity index is 2.50. The highest BCUT2D eigenvalue weighted by atomic mass is 19.1. The van der Waals surface area contributed by atoms with Crippen LogP contribution in [0.15, 0.2) is 18.2 Å². The molecule has 0 bridgehead atoms. The summed E-state index contributed by atoms with van der Waals surface area (Å²) in [6.45, 7) is 3.19. The number of nitrogens with zero attached hydrogens (tertiary/aromatic N) is 1. The molecule has 0 saturated heterocycles. The van der Waals surface area contributed by atoms with Crippen LogP contribution in [-0.4, -0.2) is 49.9 Å². The number of anilines is 1. The number of hydrogen-bond donors (Lipinski definition) is 2. The highest BCUT2D eigenvalue weighted by Gasteiger charge is 2.07. The molecule has 18 heavy (non-hydrogen) atoms. The molecule has 0 amide bonds. The normalized spacial score (nSPS) is 12.6. The van der Waals surface area contributed by atoms with Crippen LogP contribution in [0.1, 0.15) is 6.92 Å². The topological polar surface area (TPSA) is 44.7 Å². The molecule has 5 heteroatoms. The Labute approximate surface area is 107 Å². The molecule has 0 radical (unpaired) electrons. The van der Waals surface area contributed by atoms with Gasteiger partial charge in [-0.05, 0) is 33.2 Å². The van der Waals surface area contributed by atoms with E-state index in [1.165, 1.54) is 6.07 Å². The number of ether oxygens (including phenoxy) is 1. The van der Waals surface area contributed by atoms with Crippen LogP contribution in [0.25, 0.3) is 0 Å². The molecule has 0 spiro atoms. The summed E-state index contributed by atoms with van der Waals surface area (Å²) in [6, 6.07) is 4.68. The minimum absolute atomic E-state index is 0.247. The SMILES string of the molecule is CCOc1ccc(NCC(O)CN(C)C)cc1F. The van der Waals surface area contributed by atoms with E-state index >= 15 is 0 Å². The molecule has 0 aliphatic carbocycles. The number of aliphatic hydroxyl groups excluding tert-OH is 1. The maximum atomic E-state index is 13.5. The van der Waals surface area contributed by atoms with E-state index in [9.17, 15) is 9.50 Å². The van der Waals surface area contributed by atoms with E-state index in [0.717, 1.165) is 0 Å². The lowest BCUT2D eigenvalue weighted by Crippen LogP contribution is -2.31. The first-order valence-electron chi connectivity index (χ1n) is 6.02. The van der Waals surface area contributed by atoms with Crippen molar-refractivity contribution in [1.29, 1.82) is 0 Å². The summed E-state index contributed by atoms with van der Waals surface area (Å²) >= 11 is 0. The molecule has 0 heterocycles. The molecule has 1 rings (SSSR count). The van der Waals surface area contributed by atoms with E-state index < -0.39 is 11.9 Å². The fourth-order valence-corrected chi connectivity index (χ4v) is 1.61. The minimum atomic E-state index is -0.491. The summed E-state index contributed by atoms with van der Waals surface area (Å²) in [7, 11) is 3.78. The van der Waals surface area contributed by atoms with E-state index in [-0.39, 0.29) is 5.75 Å². The van der Waals surface area contributed by atoms with Crippen LogP contribution in [0.4, 0.5) is 10.1 Å². The van der Waals surface area contributed by atoms with E-state index in [2.05, 4.69) is 5.32 Å². The van der Waals surface area contributed by atoms with Crippen LogP contribution in [0.5, 0.6) is 5.75 Å². The van der Waals surface area contributed by atoms with Crippen molar-refractivity contribution >= 4 is 5.69 Å². The van der Waals surface area contributed by atoms with Crippen molar-refractivity contribution in [3.63, 3.8) is 0 Å². The number of hydrogen-bond acceptors (Lipinski definition) is 4. The van der Waals surface area contributed by atoms with Gasteiger partial charge in [0.05, 0.1) is 12.7 Å². The third-order valence-corrected chi connectivity index (χ3v) is 2.35. The summed E-state index contributed by atoms with van der Waals surface area (Å²) in [4.78, 5) is 1.89. The van der Waals surface area contributed by atoms with Crippen molar-refractivity contribution in [3.05, 3.63) is 24.0 Å². The Kier molecular flexibility index (Phi) is 5.88. The van der Waals surface area contributed by atoms with E-state index in [1.807, 2.05) is 25.9 Å². The Morgan fingerprint density at radius 3 is 2.72 bits per heavy atom. The molecule has 0 aromatic heterocycles. The van der Waals surface area contributed by atoms with Gasteiger partial charge in [-0.25, -0.2) is 4.39 Å². The lowest BCUT2D eigenvalue weighted by atomic mass is 10.2. The van der Waals surface area contributed by atoms with Gasteiger partial charge in [-0.1, -0.05) is 0 Å². The molecule has 1 aromatic rings. The second kappa shape index (κ2) is 7.18. The maximum absolute atomic E-state index is 13.5. The molecule has 1 aromatic carbocycles. The number of halogens is 1. The van der Waals surface area contributed by atoms with Crippen molar-refractivity contribution in [2.45, 2.75) is 13.0 Å². The Hall–Kier alpha value is -1.33. The number of aliphatic hydroxyl groups is 1. The quantitative estimate of drug-likeness (QED) is 0.777. The molecule has 4 nitrogen and oxygen atoms in total. The fraction of sp³-hybridized carbons (Fsp3) is 0.538. The first-order valence-corrected chi connectivity index (χ1v) is 6.02. The molecule has 0 fully saturated rings. The average molecular weight is 256 g/mol. The van der Waals surface area contributed by atoms with E-state index in [4.69, 9.17) is 4.74 Å². The van der Waals surface area contributed by atoms with Crippen molar-refractivity contribution in [2.24, 2.45) is 0 Å². The zero-order valence-electron chi connectivity index (χ0n) is 11.1. The summed E-state index contributed by atoms with van der Waals surface area (Å²) < 4.78 is 18.6. The third kappa shape index (κ3) is 4.89. The van der Waals surface area contributed by atoms with Gasteiger partial charge >= 0.3 is 0 Å². The summed E-state index contributed by atoms with van der Waals surface area (Å²) in [5.41, 5.74) is 0.633. The van der Waals surface area contributed by atoms with Crippen LogP contribution in [0.2, 0.25) is 0 Å². The molecule has 2 N–H and O–H groups in total. The standard InChI is InChI=1S/C13H21FN2O2/c1-4-18-13-6-5-10(7-12(13)14)15-8-11(17)9-16(2)3/h5-7,11,15,17H,4,8-9H2,1-3H3. The van der Waals surface area contributed by atoms with Crippen molar-refractivity contribution < 1.29 is 14.2 Å². The van der Waals surface area contributed by atoms with Gasteiger partial charge in [-0.2, -0.15) is 0 Å². The van der Waals surface area contributed by atoms with Crippen LogP contribution >= 0.6 is 0 Å². The maximum Gasteiger partial charge on any atom is 0.167 e. The minimum Gasteiger partial charge on any atom is -0.491 e. The smallest absolute Gasteiger partial charge is 0.167 e. The van der Waals surface area contributed by atoms with Gasteiger partial charge in [0.2, 0.25) is 0 Å². The summed E-state index contributed by atoms with van der Waals surface area (Å²) in [5.74, 6) is -0.152. The molecule has 1 unspecified atom stereocenters. The van der Waals surface area contributed by atoms with Crippen molar-refractivity contribution in [1.82, 2.24) is 4.90 Å². The van der Waals surface area contributed by atoms with Gasteiger partial charge in [0.1, 0.15) is 0 Å². The third-order valence-electron chi connectivity index (χ3n) is 2.35. The van der Waals surface area contributed by atoms with Crippen LogP contribution in [0, 0.1) is 5.82 Å².